The second-order valence-corrected chi connectivity index (χ2v) is 7.72. The maximum Gasteiger partial charge on any atom is 0.295 e. The molecule has 2 unspecified atom stereocenters. The summed E-state index contributed by atoms with van der Waals surface area (Å²) in [5.41, 5.74) is 0.702. The van der Waals surface area contributed by atoms with Gasteiger partial charge in [0.1, 0.15) is 28.6 Å². The van der Waals surface area contributed by atoms with Crippen molar-refractivity contribution in [2.45, 2.75) is 25.0 Å². The first-order valence-corrected chi connectivity index (χ1v) is 10.4. The minimum absolute atomic E-state index is 0.0521. The second kappa shape index (κ2) is 8.92. The van der Waals surface area contributed by atoms with Crippen LogP contribution in [-0.4, -0.2) is 60.3 Å². The number of ketones is 1. The minimum atomic E-state index is -0.852. The molecular weight excluding hydrogens is 414 g/mol. The van der Waals surface area contributed by atoms with Crippen LogP contribution >= 0.6 is 0 Å². The highest BCUT2D eigenvalue weighted by Crippen LogP contribution is 2.43. The highest BCUT2D eigenvalue weighted by Gasteiger charge is 2.47. The summed E-state index contributed by atoms with van der Waals surface area (Å²) in [7, 11) is 2.89. The Morgan fingerprint density at radius 3 is 2.31 bits per heavy atom. The van der Waals surface area contributed by atoms with Gasteiger partial charge in [-0.15, -0.1) is 0 Å². The summed E-state index contributed by atoms with van der Waals surface area (Å²) < 4.78 is 16.5. The molecule has 0 radical (unpaired) electrons. The van der Waals surface area contributed by atoms with Crippen molar-refractivity contribution in [3.8, 4) is 17.2 Å². The molecule has 0 saturated carbocycles. The molecule has 4 rings (SSSR count). The first kappa shape index (κ1) is 21.7. The van der Waals surface area contributed by atoms with E-state index in [0.29, 0.717) is 23.7 Å². The van der Waals surface area contributed by atoms with Gasteiger partial charge >= 0.3 is 0 Å². The first-order valence-electron chi connectivity index (χ1n) is 10.4. The van der Waals surface area contributed by atoms with E-state index in [-0.39, 0.29) is 35.3 Å². The average molecular weight is 439 g/mol. The number of phenolic OH excluding ortho intramolecular Hbond substituents is 1. The smallest absolute Gasteiger partial charge is 0.295 e. The molecule has 0 bridgehead atoms. The number of nitrogens with zero attached hydrogens (tertiary/aromatic N) is 1. The van der Waals surface area contributed by atoms with Crippen LogP contribution in [0.3, 0.4) is 0 Å². The SMILES string of the molecule is COc1cccc(OC)c1/C(O)=C1\C(=O)C(=O)N(CC2CCCO2)C1c1ccc(O)cc1. The molecule has 8 heteroatoms. The van der Waals surface area contributed by atoms with Gasteiger partial charge in [-0.05, 0) is 42.7 Å². The Bertz CT molecular complexity index is 1030. The van der Waals surface area contributed by atoms with Gasteiger partial charge in [0.25, 0.3) is 11.7 Å². The van der Waals surface area contributed by atoms with Crippen molar-refractivity contribution in [1.29, 1.82) is 0 Å². The maximum absolute atomic E-state index is 13.2. The largest absolute Gasteiger partial charge is 0.508 e. The fourth-order valence-corrected chi connectivity index (χ4v) is 4.30. The number of Topliss-reactive ketones (excluding diaryl/α,β-unsaturated/α-hetero) is 1. The van der Waals surface area contributed by atoms with Crippen molar-refractivity contribution >= 4 is 17.4 Å². The highest BCUT2D eigenvalue weighted by molar-refractivity contribution is 6.46. The lowest BCUT2D eigenvalue weighted by molar-refractivity contribution is -0.140. The Hall–Kier alpha value is -3.52. The molecule has 8 nitrogen and oxygen atoms in total. The average Bonchev–Trinajstić information content (AvgIpc) is 3.41. The molecule has 2 heterocycles. The number of carbonyl (C=O) groups is 2. The van der Waals surface area contributed by atoms with Crippen molar-refractivity contribution < 1.29 is 34.0 Å². The molecule has 32 heavy (non-hydrogen) atoms. The molecule has 0 spiro atoms. The Balaban J connectivity index is 1.89. The lowest BCUT2D eigenvalue weighted by Gasteiger charge is -2.27. The van der Waals surface area contributed by atoms with Crippen LogP contribution in [-0.2, 0) is 14.3 Å². The van der Waals surface area contributed by atoms with Crippen LogP contribution in [0.4, 0.5) is 0 Å². The van der Waals surface area contributed by atoms with Gasteiger partial charge in [-0.3, -0.25) is 9.59 Å². The first-order chi connectivity index (χ1) is 15.5. The van der Waals surface area contributed by atoms with Crippen molar-refractivity contribution in [3.63, 3.8) is 0 Å². The summed E-state index contributed by atoms with van der Waals surface area (Å²) >= 11 is 0. The number of hydrogen-bond acceptors (Lipinski definition) is 7. The van der Waals surface area contributed by atoms with Crippen LogP contribution in [0.1, 0.15) is 30.0 Å². The zero-order valence-electron chi connectivity index (χ0n) is 17.9. The predicted molar refractivity (Wildman–Crippen MR) is 116 cm³/mol. The normalized spacial score (nSPS) is 22.4. The molecule has 2 atom stereocenters. The van der Waals surface area contributed by atoms with E-state index < -0.39 is 17.7 Å². The lowest BCUT2D eigenvalue weighted by Crippen LogP contribution is -2.36. The number of aliphatic hydroxyl groups is 1. The second-order valence-electron chi connectivity index (χ2n) is 7.72. The summed E-state index contributed by atoms with van der Waals surface area (Å²) in [6.07, 6.45) is 1.48. The van der Waals surface area contributed by atoms with Crippen LogP contribution in [0.15, 0.2) is 48.0 Å². The van der Waals surface area contributed by atoms with Crippen molar-refractivity contribution in [3.05, 3.63) is 59.2 Å². The number of methoxy groups -OCH3 is 2. The van der Waals surface area contributed by atoms with Gasteiger partial charge in [0.2, 0.25) is 0 Å². The van der Waals surface area contributed by atoms with E-state index in [2.05, 4.69) is 0 Å². The Kier molecular flexibility index (Phi) is 6.05. The van der Waals surface area contributed by atoms with Gasteiger partial charge in [0.05, 0.1) is 31.9 Å². The van der Waals surface area contributed by atoms with Gasteiger partial charge in [0, 0.05) is 13.2 Å². The summed E-state index contributed by atoms with van der Waals surface area (Å²) in [4.78, 5) is 27.7. The third-order valence-electron chi connectivity index (χ3n) is 5.84. The molecule has 0 aliphatic carbocycles. The van der Waals surface area contributed by atoms with Gasteiger partial charge in [-0.1, -0.05) is 18.2 Å². The molecule has 2 N–H and O–H groups in total. The zero-order chi connectivity index (χ0) is 22.8. The van der Waals surface area contributed by atoms with Gasteiger partial charge < -0.3 is 29.3 Å². The van der Waals surface area contributed by atoms with Gasteiger partial charge in [-0.2, -0.15) is 0 Å². The van der Waals surface area contributed by atoms with Crippen LogP contribution in [0.25, 0.3) is 5.76 Å². The third-order valence-corrected chi connectivity index (χ3v) is 5.84. The quantitative estimate of drug-likeness (QED) is 0.405. The molecule has 2 aromatic rings. The number of ether oxygens (including phenoxy) is 3. The van der Waals surface area contributed by atoms with E-state index in [1.54, 1.807) is 30.3 Å². The predicted octanol–water partition coefficient (Wildman–Crippen LogP) is 3.01. The highest BCUT2D eigenvalue weighted by atomic mass is 16.5. The molecule has 2 saturated heterocycles. The van der Waals surface area contributed by atoms with E-state index >= 15 is 0 Å². The summed E-state index contributed by atoms with van der Waals surface area (Å²) in [6, 6.07) is 10.3. The number of likely N-dealkylation sites (tertiary alicyclic amines) is 1. The van der Waals surface area contributed by atoms with Crippen molar-refractivity contribution in [2.75, 3.05) is 27.4 Å². The number of amides is 1. The van der Waals surface area contributed by atoms with Crippen LogP contribution in [0, 0.1) is 0 Å². The topological polar surface area (TPSA) is 106 Å². The fourth-order valence-electron chi connectivity index (χ4n) is 4.30. The fraction of sp³-hybridized carbons (Fsp3) is 0.333. The van der Waals surface area contributed by atoms with Crippen molar-refractivity contribution in [1.82, 2.24) is 4.90 Å². The summed E-state index contributed by atoms with van der Waals surface area (Å²) in [5.74, 6) is -1.24. The Labute approximate surface area is 185 Å². The number of rotatable bonds is 6. The number of hydrogen-bond donors (Lipinski definition) is 2. The molecule has 2 aliphatic heterocycles. The summed E-state index contributed by atoms with van der Waals surface area (Å²) in [6.45, 7) is 0.826. The number of carbonyl (C=O) groups excluding carboxylic acids is 2. The summed E-state index contributed by atoms with van der Waals surface area (Å²) in [5, 5.41) is 21.1. The third kappa shape index (κ3) is 3.78. The van der Waals surface area contributed by atoms with E-state index in [4.69, 9.17) is 14.2 Å². The van der Waals surface area contributed by atoms with Gasteiger partial charge in [-0.25, -0.2) is 0 Å². The monoisotopic (exact) mass is 439 g/mol. The van der Waals surface area contributed by atoms with Crippen molar-refractivity contribution in [2.24, 2.45) is 0 Å². The Morgan fingerprint density at radius 2 is 1.75 bits per heavy atom. The van der Waals surface area contributed by atoms with E-state index in [1.165, 1.54) is 31.3 Å². The number of benzene rings is 2. The zero-order valence-corrected chi connectivity index (χ0v) is 17.9. The maximum atomic E-state index is 13.2. The number of aromatic hydroxyl groups is 1. The Morgan fingerprint density at radius 1 is 1.09 bits per heavy atom. The van der Waals surface area contributed by atoms with E-state index in [1.807, 2.05) is 0 Å². The molecular formula is C24H25NO7. The molecule has 0 aromatic heterocycles. The van der Waals surface area contributed by atoms with Crippen LogP contribution in [0.2, 0.25) is 0 Å². The molecule has 2 aliphatic rings. The minimum Gasteiger partial charge on any atom is -0.508 e. The number of aliphatic hydroxyl groups excluding tert-OH is 1. The molecule has 2 aromatic carbocycles. The molecule has 168 valence electrons. The van der Waals surface area contributed by atoms with Gasteiger partial charge in [0.15, 0.2) is 0 Å². The van der Waals surface area contributed by atoms with Crippen LogP contribution < -0.4 is 9.47 Å². The lowest BCUT2D eigenvalue weighted by atomic mass is 9.94. The van der Waals surface area contributed by atoms with Crippen LogP contribution in [0.5, 0.6) is 17.2 Å². The van der Waals surface area contributed by atoms with E-state index in [0.717, 1.165) is 12.8 Å². The standard InChI is InChI=1S/C24H25NO7/c1-30-17-6-3-7-18(31-2)19(17)22(27)20-21(14-8-10-15(26)11-9-14)25(24(29)23(20)28)13-16-5-4-12-32-16/h3,6-11,16,21,26-27H,4-5,12-13H2,1-2H3/b22-20+. The molecule has 2 fully saturated rings. The van der Waals surface area contributed by atoms with E-state index in [9.17, 15) is 19.8 Å². The number of phenols is 1. The molecule has 1 amide bonds.